The van der Waals surface area contributed by atoms with Crippen LogP contribution in [0.4, 0.5) is 0 Å². The van der Waals surface area contributed by atoms with Gasteiger partial charge in [0, 0.05) is 18.4 Å². The number of benzene rings is 2. The minimum absolute atomic E-state index is 0.577. The largest absolute Gasteiger partial charge is 0.493 e. The third-order valence-electron chi connectivity index (χ3n) is 6.07. The van der Waals surface area contributed by atoms with Crippen molar-refractivity contribution in [3.8, 4) is 22.8 Å². The average Bonchev–Trinajstić information content (AvgIpc) is 2.78. The molecule has 1 aliphatic carbocycles. The quantitative estimate of drug-likeness (QED) is 0.575. The first kappa shape index (κ1) is 19.6. The lowest BCUT2D eigenvalue weighted by molar-refractivity contribution is 0.354. The monoisotopic (exact) mass is 392 g/mol. The molecular formula is C25H30NO3+. The van der Waals surface area contributed by atoms with E-state index in [2.05, 4.69) is 42.8 Å². The molecule has 3 aromatic rings. The van der Waals surface area contributed by atoms with Gasteiger partial charge >= 0.3 is 0 Å². The predicted octanol–water partition coefficient (Wildman–Crippen LogP) is 5.16. The van der Waals surface area contributed by atoms with Crippen molar-refractivity contribution in [2.24, 2.45) is 0 Å². The molecule has 4 heteroatoms. The van der Waals surface area contributed by atoms with Gasteiger partial charge in [0.1, 0.15) is 18.4 Å². The number of methoxy groups -OCH3 is 2. The van der Waals surface area contributed by atoms with Gasteiger partial charge < -0.3 is 13.9 Å². The minimum Gasteiger partial charge on any atom is -0.493 e. The molecule has 152 valence electrons. The lowest BCUT2D eigenvalue weighted by Gasteiger charge is -2.18. The summed E-state index contributed by atoms with van der Waals surface area (Å²) in [5.74, 6) is 2.25. The van der Waals surface area contributed by atoms with E-state index in [0.29, 0.717) is 17.5 Å². The predicted molar refractivity (Wildman–Crippen MR) is 118 cm³/mol. The average molecular weight is 393 g/mol. The number of rotatable bonds is 4. The van der Waals surface area contributed by atoms with Crippen LogP contribution in [0.5, 0.6) is 11.5 Å². The summed E-state index contributed by atoms with van der Waals surface area (Å²) in [4.78, 5) is 0. The molecular weight excluding hydrogens is 362 g/mol. The van der Waals surface area contributed by atoms with Gasteiger partial charge in [-0.2, -0.15) is 0 Å². The van der Waals surface area contributed by atoms with Crippen LogP contribution in [0.2, 0.25) is 0 Å². The van der Waals surface area contributed by atoms with Crippen molar-refractivity contribution in [3.63, 3.8) is 0 Å². The summed E-state index contributed by atoms with van der Waals surface area (Å²) in [7, 11) is 5.53. The van der Waals surface area contributed by atoms with E-state index >= 15 is 0 Å². The summed E-state index contributed by atoms with van der Waals surface area (Å²) in [5, 5.41) is 2.40. The first-order valence-electron chi connectivity index (χ1n) is 10.4. The van der Waals surface area contributed by atoms with E-state index in [0.717, 1.165) is 16.9 Å². The number of nitrogens with zero attached hydrogens (tertiary/aromatic N) is 1. The molecule has 4 nitrogen and oxygen atoms in total. The second-order valence-electron chi connectivity index (χ2n) is 7.97. The van der Waals surface area contributed by atoms with Gasteiger partial charge in [0.15, 0.2) is 17.5 Å². The van der Waals surface area contributed by atoms with Crippen LogP contribution in [0.1, 0.15) is 37.7 Å². The summed E-state index contributed by atoms with van der Waals surface area (Å²) < 4.78 is 19.7. The Morgan fingerprint density at radius 3 is 2.38 bits per heavy atom. The van der Waals surface area contributed by atoms with Gasteiger partial charge in [0.05, 0.1) is 25.7 Å². The van der Waals surface area contributed by atoms with E-state index in [9.17, 15) is 0 Å². The molecule has 0 saturated heterocycles. The molecule has 0 bridgehead atoms. The zero-order valence-electron chi connectivity index (χ0n) is 17.8. The van der Waals surface area contributed by atoms with Gasteiger partial charge in [-0.05, 0) is 50.1 Å². The standard InChI is InChI=1S/C25H30NO3/c1-17-10-12-22-20(14-17)21(26(2)19-8-6-5-7-9-19)16-24(29-22)18-11-13-23(27-3)25(15-18)28-4/h10-16,19H,5-9H2,1-4H3/q+1. The lowest BCUT2D eigenvalue weighted by atomic mass is 9.95. The number of aryl methyl sites for hydroxylation is 1. The van der Waals surface area contributed by atoms with Crippen LogP contribution in [0, 0.1) is 6.92 Å². The van der Waals surface area contributed by atoms with Crippen molar-refractivity contribution in [1.29, 1.82) is 0 Å². The van der Waals surface area contributed by atoms with Crippen molar-refractivity contribution < 1.29 is 13.9 Å². The number of hydrogen-bond donors (Lipinski definition) is 0. The highest BCUT2D eigenvalue weighted by Crippen LogP contribution is 2.33. The normalized spacial score (nSPS) is 16.0. The molecule has 1 heterocycles. The van der Waals surface area contributed by atoms with Crippen molar-refractivity contribution in [2.75, 3.05) is 21.3 Å². The Bertz CT molecular complexity index is 1090. The van der Waals surface area contributed by atoms with Crippen molar-refractivity contribution in [3.05, 3.63) is 53.4 Å². The lowest BCUT2D eigenvalue weighted by Crippen LogP contribution is -2.37. The topological polar surface area (TPSA) is 34.6 Å². The molecule has 0 amide bonds. The second kappa shape index (κ2) is 8.32. The van der Waals surface area contributed by atoms with Crippen LogP contribution in [-0.4, -0.2) is 27.3 Å². The highest BCUT2D eigenvalue weighted by molar-refractivity contribution is 5.79. The van der Waals surface area contributed by atoms with Crippen molar-refractivity contribution in [2.45, 2.75) is 45.1 Å². The zero-order valence-corrected chi connectivity index (χ0v) is 17.8. The van der Waals surface area contributed by atoms with E-state index in [4.69, 9.17) is 13.9 Å². The maximum absolute atomic E-state index is 6.33. The Morgan fingerprint density at radius 2 is 1.66 bits per heavy atom. The molecule has 0 N–H and O–H groups in total. The SMILES string of the molecule is COc1ccc(-c2cc(=[N+](C)C3CCCCC3)c3cc(C)ccc3o2)cc1OC. The molecule has 0 aliphatic heterocycles. The molecule has 2 aromatic carbocycles. The highest BCUT2D eigenvalue weighted by atomic mass is 16.5. The molecule has 0 atom stereocenters. The molecule has 29 heavy (non-hydrogen) atoms. The van der Waals surface area contributed by atoms with Gasteiger partial charge in [0.25, 0.3) is 0 Å². The Labute approximate surface area is 172 Å². The zero-order chi connectivity index (χ0) is 20.4. The number of hydrogen-bond acceptors (Lipinski definition) is 3. The maximum atomic E-state index is 6.33. The van der Waals surface area contributed by atoms with E-state index in [1.807, 2.05) is 18.2 Å². The number of fused-ring (bicyclic) bond motifs is 1. The Balaban J connectivity index is 1.94. The first-order valence-corrected chi connectivity index (χ1v) is 10.4. The third-order valence-corrected chi connectivity index (χ3v) is 6.07. The molecule has 0 radical (unpaired) electrons. The first-order chi connectivity index (χ1) is 14.1. The highest BCUT2D eigenvalue weighted by Gasteiger charge is 2.23. The van der Waals surface area contributed by atoms with Crippen molar-refractivity contribution in [1.82, 2.24) is 4.58 Å². The summed E-state index contributed by atoms with van der Waals surface area (Å²) in [6, 6.07) is 15.1. The van der Waals surface area contributed by atoms with Crippen LogP contribution >= 0.6 is 0 Å². The smallest absolute Gasteiger partial charge is 0.214 e. The summed E-state index contributed by atoms with van der Waals surface area (Å²) >= 11 is 0. The second-order valence-corrected chi connectivity index (χ2v) is 7.97. The third kappa shape index (κ3) is 3.89. The van der Waals surface area contributed by atoms with Crippen LogP contribution in [0.15, 0.2) is 46.9 Å². The molecule has 1 fully saturated rings. The summed E-state index contributed by atoms with van der Waals surface area (Å²) in [6.07, 6.45) is 6.48. The summed E-state index contributed by atoms with van der Waals surface area (Å²) in [5.41, 5.74) is 3.12. The van der Waals surface area contributed by atoms with E-state index in [1.54, 1.807) is 14.2 Å². The van der Waals surface area contributed by atoms with Gasteiger partial charge in [0.2, 0.25) is 5.36 Å². The fraction of sp³-hybridized carbons (Fsp3) is 0.400. The molecule has 1 aliphatic rings. The van der Waals surface area contributed by atoms with Gasteiger partial charge in [-0.25, -0.2) is 4.58 Å². The minimum atomic E-state index is 0.577. The number of ether oxygens (including phenoxy) is 2. The van der Waals surface area contributed by atoms with E-state index < -0.39 is 0 Å². The van der Waals surface area contributed by atoms with E-state index in [-0.39, 0.29) is 0 Å². The molecule has 0 unspecified atom stereocenters. The Kier molecular flexibility index (Phi) is 5.61. The molecule has 1 aromatic heterocycles. The Hall–Kier alpha value is -2.75. The summed E-state index contributed by atoms with van der Waals surface area (Å²) in [6.45, 7) is 2.13. The Morgan fingerprint density at radius 1 is 0.897 bits per heavy atom. The van der Waals surface area contributed by atoms with Crippen LogP contribution < -0.4 is 19.4 Å². The van der Waals surface area contributed by atoms with Crippen LogP contribution in [0.25, 0.3) is 22.3 Å². The van der Waals surface area contributed by atoms with Gasteiger partial charge in [-0.15, -0.1) is 0 Å². The fourth-order valence-corrected chi connectivity index (χ4v) is 4.37. The van der Waals surface area contributed by atoms with Crippen molar-refractivity contribution >= 4 is 11.0 Å². The van der Waals surface area contributed by atoms with Crippen LogP contribution in [0.3, 0.4) is 0 Å². The van der Waals surface area contributed by atoms with E-state index in [1.165, 1.54) is 48.4 Å². The van der Waals surface area contributed by atoms with Crippen LogP contribution in [-0.2, 0) is 0 Å². The van der Waals surface area contributed by atoms with Gasteiger partial charge in [-0.3, -0.25) is 0 Å². The van der Waals surface area contributed by atoms with Gasteiger partial charge in [-0.1, -0.05) is 18.1 Å². The maximum Gasteiger partial charge on any atom is 0.214 e. The molecule has 4 rings (SSSR count). The molecule has 0 spiro atoms. The molecule has 1 saturated carbocycles. The fourth-order valence-electron chi connectivity index (χ4n) is 4.37.